The first-order valence-electron chi connectivity index (χ1n) is 15.1. The number of carbonyl (C=O) groups is 4. The maximum absolute atomic E-state index is 15.2. The van der Waals surface area contributed by atoms with Crippen LogP contribution in [-0.2, 0) is 25.6 Å². The van der Waals surface area contributed by atoms with Gasteiger partial charge in [-0.1, -0.05) is 39.7 Å². The standard InChI is InChI=1S/C34H22BrCl2F5N2O6/c35-14-3-8-20(46)18(11-14)22-16-6-7-17-21(30(48)43(29(17)47)10-9-13-1-4-15(45)5-2-13)19(16)12-33(36)31(49)44(32(50)34(22,33)37)28-26(41)24(39)23(38)25(40)27(28)42/h1-6,8,11,17,19,21-22,45-46H,7,9-10,12H2. The topological polar surface area (TPSA) is 115 Å². The van der Waals surface area contributed by atoms with Crippen molar-refractivity contribution in [2.45, 2.75) is 34.9 Å². The number of allylic oxidation sites excluding steroid dienone is 2. The number of likely N-dealkylation sites (tertiary alicyclic amines) is 1. The van der Waals surface area contributed by atoms with Gasteiger partial charge in [-0.15, -0.1) is 23.2 Å². The molecule has 8 nitrogen and oxygen atoms in total. The van der Waals surface area contributed by atoms with E-state index in [4.69, 9.17) is 23.2 Å². The van der Waals surface area contributed by atoms with Crippen molar-refractivity contribution in [2.75, 3.05) is 11.4 Å². The van der Waals surface area contributed by atoms with Gasteiger partial charge in [-0.3, -0.25) is 24.1 Å². The Kier molecular flexibility index (Phi) is 8.11. The van der Waals surface area contributed by atoms with E-state index in [2.05, 4.69) is 15.9 Å². The lowest BCUT2D eigenvalue weighted by atomic mass is 9.56. The first-order chi connectivity index (χ1) is 23.5. The van der Waals surface area contributed by atoms with Crippen LogP contribution in [0.1, 0.15) is 29.9 Å². The highest BCUT2D eigenvalue weighted by molar-refractivity contribution is 9.10. The lowest BCUT2D eigenvalue weighted by Crippen LogP contribution is -2.60. The van der Waals surface area contributed by atoms with Gasteiger partial charge in [-0.25, -0.2) is 26.9 Å². The third-order valence-electron chi connectivity index (χ3n) is 10.2. The molecule has 3 aromatic rings. The molecule has 16 heteroatoms. The molecule has 4 aliphatic rings. The lowest BCUT2D eigenvalue weighted by molar-refractivity contribution is -0.140. The van der Waals surface area contributed by atoms with Crippen molar-refractivity contribution in [2.24, 2.45) is 17.8 Å². The summed E-state index contributed by atoms with van der Waals surface area (Å²) in [6.45, 7) is -0.0375. The first-order valence-corrected chi connectivity index (χ1v) is 16.7. The van der Waals surface area contributed by atoms with E-state index in [1.165, 1.54) is 30.3 Å². The average Bonchev–Trinajstić information content (AvgIpc) is 3.41. The second kappa shape index (κ2) is 11.8. The van der Waals surface area contributed by atoms with Crippen molar-refractivity contribution in [3.05, 3.63) is 98.8 Å². The van der Waals surface area contributed by atoms with Crippen LogP contribution in [0.25, 0.3) is 0 Å². The minimum atomic E-state index is -2.75. The molecule has 4 amide bonds. The Balaban J connectivity index is 1.37. The van der Waals surface area contributed by atoms with Gasteiger partial charge < -0.3 is 10.2 Å². The van der Waals surface area contributed by atoms with Gasteiger partial charge in [0.15, 0.2) is 33.0 Å². The largest absolute Gasteiger partial charge is 0.508 e. The van der Waals surface area contributed by atoms with E-state index >= 15 is 8.78 Å². The number of aromatic hydroxyl groups is 2. The summed E-state index contributed by atoms with van der Waals surface area (Å²) >= 11 is 17.4. The van der Waals surface area contributed by atoms with Crippen molar-refractivity contribution in [3.63, 3.8) is 0 Å². The minimum Gasteiger partial charge on any atom is -0.508 e. The molecular formula is C34H22BrCl2F5N2O6. The molecule has 2 aliphatic heterocycles. The number of anilines is 1. The number of alkyl halides is 2. The van der Waals surface area contributed by atoms with E-state index in [9.17, 15) is 42.6 Å². The highest BCUT2D eigenvalue weighted by atomic mass is 79.9. The van der Waals surface area contributed by atoms with Crippen LogP contribution in [0.15, 0.2) is 58.6 Å². The van der Waals surface area contributed by atoms with Crippen molar-refractivity contribution < 1.29 is 51.3 Å². The number of carbonyl (C=O) groups excluding carboxylic acids is 4. The lowest BCUT2D eigenvalue weighted by Gasteiger charge is -2.50. The quantitative estimate of drug-likeness (QED) is 0.0776. The smallest absolute Gasteiger partial charge is 0.258 e. The average molecular weight is 800 g/mol. The van der Waals surface area contributed by atoms with Gasteiger partial charge in [0, 0.05) is 22.5 Å². The molecule has 2 saturated heterocycles. The van der Waals surface area contributed by atoms with Gasteiger partial charge >= 0.3 is 0 Å². The van der Waals surface area contributed by atoms with Crippen molar-refractivity contribution in [3.8, 4) is 11.5 Å². The molecule has 6 atom stereocenters. The van der Waals surface area contributed by atoms with Gasteiger partial charge in [-0.2, -0.15) is 0 Å². The van der Waals surface area contributed by atoms with Crippen molar-refractivity contribution in [1.29, 1.82) is 0 Å². The van der Waals surface area contributed by atoms with E-state index < -0.39 is 104 Å². The fourth-order valence-electron chi connectivity index (χ4n) is 7.86. The second-order valence-electron chi connectivity index (χ2n) is 12.6. The minimum absolute atomic E-state index is 0.0269. The fourth-order valence-corrected chi connectivity index (χ4v) is 9.16. The number of benzene rings is 3. The Bertz CT molecular complexity index is 2060. The first kappa shape index (κ1) is 34.4. The summed E-state index contributed by atoms with van der Waals surface area (Å²) in [4.78, 5) is 51.6. The van der Waals surface area contributed by atoms with E-state index in [1.807, 2.05) is 0 Å². The van der Waals surface area contributed by atoms with Crippen molar-refractivity contribution in [1.82, 2.24) is 4.90 Å². The van der Waals surface area contributed by atoms with Gasteiger partial charge in [0.05, 0.1) is 11.8 Å². The molecule has 3 aromatic carbocycles. The molecule has 3 fully saturated rings. The number of imide groups is 2. The number of amides is 4. The number of hydrogen-bond acceptors (Lipinski definition) is 6. The highest BCUT2D eigenvalue weighted by Gasteiger charge is 2.77. The van der Waals surface area contributed by atoms with Crippen LogP contribution >= 0.6 is 39.1 Å². The SMILES string of the molecule is O=C1C2CC=C3C(CC4(Cl)C(=O)N(c5c(F)c(F)c(F)c(F)c5F)C(=O)C4(Cl)C3c3cc(Br)ccc3O)C2C(=O)N1CCc1ccc(O)cc1. The Hall–Kier alpha value is -4.01. The number of rotatable bonds is 5. The van der Waals surface area contributed by atoms with E-state index in [0.29, 0.717) is 4.47 Å². The zero-order valence-electron chi connectivity index (χ0n) is 25.2. The monoisotopic (exact) mass is 798 g/mol. The summed E-state index contributed by atoms with van der Waals surface area (Å²) in [5, 5.41) is 20.7. The van der Waals surface area contributed by atoms with Gasteiger partial charge in [-0.05, 0) is 61.1 Å². The summed E-state index contributed by atoms with van der Waals surface area (Å²) in [7, 11) is 0. The molecule has 0 aromatic heterocycles. The van der Waals surface area contributed by atoms with Crippen LogP contribution in [0.2, 0.25) is 0 Å². The van der Waals surface area contributed by atoms with Crippen LogP contribution in [0.5, 0.6) is 11.5 Å². The molecule has 7 rings (SSSR count). The summed E-state index contributed by atoms with van der Waals surface area (Å²) in [6, 6.07) is 10.2. The molecule has 0 radical (unpaired) electrons. The Labute approximate surface area is 298 Å². The van der Waals surface area contributed by atoms with Crippen LogP contribution in [0.3, 0.4) is 0 Å². The van der Waals surface area contributed by atoms with Crippen LogP contribution in [0, 0.1) is 46.8 Å². The maximum Gasteiger partial charge on any atom is 0.258 e. The number of hydrogen-bond donors (Lipinski definition) is 2. The molecule has 6 unspecified atom stereocenters. The maximum atomic E-state index is 15.2. The van der Waals surface area contributed by atoms with Gasteiger partial charge in [0.25, 0.3) is 11.8 Å². The highest BCUT2D eigenvalue weighted by Crippen LogP contribution is 2.66. The fraction of sp³-hybridized carbons (Fsp3) is 0.294. The molecule has 2 heterocycles. The summed E-state index contributed by atoms with van der Waals surface area (Å²) in [5.74, 6) is -22.0. The molecule has 50 heavy (non-hydrogen) atoms. The Morgan fingerprint density at radius 1 is 0.820 bits per heavy atom. The third kappa shape index (κ3) is 4.60. The number of halogens is 8. The van der Waals surface area contributed by atoms with E-state index in [-0.39, 0.29) is 41.2 Å². The molecule has 2 aliphatic carbocycles. The Morgan fingerprint density at radius 2 is 1.44 bits per heavy atom. The van der Waals surface area contributed by atoms with Crippen LogP contribution in [0.4, 0.5) is 27.6 Å². The van der Waals surface area contributed by atoms with E-state index in [0.717, 1.165) is 10.5 Å². The zero-order valence-corrected chi connectivity index (χ0v) is 28.3. The van der Waals surface area contributed by atoms with Crippen LogP contribution < -0.4 is 4.90 Å². The predicted molar refractivity (Wildman–Crippen MR) is 171 cm³/mol. The molecule has 1 saturated carbocycles. The molecule has 0 bridgehead atoms. The number of nitrogens with zero attached hydrogens (tertiary/aromatic N) is 2. The Morgan fingerprint density at radius 3 is 2.08 bits per heavy atom. The number of fused-ring (bicyclic) bond motifs is 4. The predicted octanol–water partition coefficient (Wildman–Crippen LogP) is 6.36. The summed E-state index contributed by atoms with van der Waals surface area (Å²) < 4.78 is 73.5. The molecule has 2 N–H and O–H groups in total. The van der Waals surface area contributed by atoms with Gasteiger partial charge in [0.1, 0.15) is 17.2 Å². The summed E-state index contributed by atoms with van der Waals surface area (Å²) in [6.07, 6.45) is 1.10. The third-order valence-corrected chi connectivity index (χ3v) is 12.1. The normalized spacial score (nSPS) is 28.9. The number of phenolic OH excluding ortho intramolecular Hbond substituents is 2. The molecule has 260 valence electrons. The van der Waals surface area contributed by atoms with Crippen LogP contribution in [-0.4, -0.2) is 55.0 Å². The number of phenols is 2. The van der Waals surface area contributed by atoms with Crippen molar-refractivity contribution >= 4 is 68.4 Å². The zero-order chi connectivity index (χ0) is 36.2. The molecular weight excluding hydrogens is 778 g/mol. The van der Waals surface area contributed by atoms with E-state index in [1.54, 1.807) is 18.2 Å². The van der Waals surface area contributed by atoms with Gasteiger partial charge in [0.2, 0.25) is 17.6 Å². The summed E-state index contributed by atoms with van der Waals surface area (Å²) in [5.41, 5.74) is -1.05. The molecule has 0 spiro atoms. The second-order valence-corrected chi connectivity index (χ2v) is 14.8.